The van der Waals surface area contributed by atoms with Gasteiger partial charge in [-0.3, -0.25) is 4.79 Å². The van der Waals surface area contributed by atoms with Crippen LogP contribution in [0.25, 0.3) is 11.3 Å². The molecule has 0 unspecified atom stereocenters. The quantitative estimate of drug-likeness (QED) is 0.693. The molecule has 4 N–H and O–H groups in total. The van der Waals surface area contributed by atoms with Crippen molar-refractivity contribution in [2.45, 2.75) is 0 Å². The summed E-state index contributed by atoms with van der Waals surface area (Å²) in [5.74, 6) is 0.322. The molecule has 21 heavy (non-hydrogen) atoms. The molecule has 0 fully saturated rings. The van der Waals surface area contributed by atoms with Crippen LogP contribution in [0.1, 0.15) is 10.6 Å². The van der Waals surface area contributed by atoms with Crippen molar-refractivity contribution in [3.63, 3.8) is 0 Å². The van der Waals surface area contributed by atoms with Crippen molar-refractivity contribution in [3.8, 4) is 11.3 Å². The summed E-state index contributed by atoms with van der Waals surface area (Å²) >= 11 is 0. The van der Waals surface area contributed by atoms with Crippen molar-refractivity contribution in [2.75, 3.05) is 11.1 Å². The monoisotopic (exact) mass is 304 g/mol. The summed E-state index contributed by atoms with van der Waals surface area (Å²) in [4.78, 5) is 18.8. The Labute approximate surface area is 126 Å². The van der Waals surface area contributed by atoms with Gasteiger partial charge in [0.15, 0.2) is 11.7 Å². The lowest BCUT2D eigenvalue weighted by Gasteiger charge is -2.05. The topological polar surface area (TPSA) is 96.9 Å². The van der Waals surface area contributed by atoms with E-state index in [1.54, 1.807) is 24.4 Å². The highest BCUT2D eigenvalue weighted by molar-refractivity contribution is 6.02. The molecule has 0 aliphatic carbocycles. The highest BCUT2D eigenvalue weighted by Gasteiger charge is 2.09. The van der Waals surface area contributed by atoms with E-state index >= 15 is 0 Å². The first-order valence-corrected chi connectivity index (χ1v) is 5.98. The van der Waals surface area contributed by atoms with Crippen LogP contribution in [0.5, 0.6) is 0 Å². The smallest absolute Gasteiger partial charge is 0.291 e. The van der Waals surface area contributed by atoms with Crippen molar-refractivity contribution >= 4 is 29.9 Å². The third-order valence-electron chi connectivity index (χ3n) is 2.77. The number of amides is 1. The number of carbonyl (C=O) groups is 1. The van der Waals surface area contributed by atoms with Crippen molar-refractivity contribution in [2.24, 2.45) is 0 Å². The first kappa shape index (κ1) is 14.7. The number of hydrogen-bond donors (Lipinski definition) is 3. The molecule has 0 aliphatic rings. The molecule has 0 saturated carbocycles. The van der Waals surface area contributed by atoms with Crippen LogP contribution < -0.4 is 11.1 Å². The lowest BCUT2D eigenvalue weighted by molar-refractivity contribution is 0.0996. The SMILES string of the molecule is Cl.Nc1ncc(-c2cccc(NC(=O)c3ccco3)c2)[nH]1. The minimum atomic E-state index is -0.295. The number of nitrogens with one attached hydrogen (secondary N) is 2. The first-order chi connectivity index (χ1) is 9.72. The van der Waals surface area contributed by atoms with E-state index in [1.807, 2.05) is 18.2 Å². The number of imidazole rings is 1. The predicted molar refractivity (Wildman–Crippen MR) is 82.3 cm³/mol. The Morgan fingerprint density at radius 1 is 1.29 bits per heavy atom. The van der Waals surface area contributed by atoms with Crippen molar-refractivity contribution in [1.82, 2.24) is 9.97 Å². The van der Waals surface area contributed by atoms with E-state index < -0.39 is 0 Å². The standard InChI is InChI=1S/C14H12N4O2.ClH/c15-14-16-8-11(18-14)9-3-1-4-10(7-9)17-13(19)12-5-2-6-20-12;/h1-8H,(H,17,19)(H3,15,16,18);1H. The third kappa shape index (κ3) is 3.24. The number of anilines is 2. The van der Waals surface area contributed by atoms with E-state index in [4.69, 9.17) is 10.2 Å². The molecule has 0 radical (unpaired) electrons. The van der Waals surface area contributed by atoms with Gasteiger partial charge in [0.25, 0.3) is 5.91 Å². The second-order valence-corrected chi connectivity index (χ2v) is 4.19. The van der Waals surface area contributed by atoms with Gasteiger partial charge in [0, 0.05) is 11.3 Å². The maximum absolute atomic E-state index is 11.9. The number of benzene rings is 1. The van der Waals surface area contributed by atoms with Crippen LogP contribution >= 0.6 is 12.4 Å². The van der Waals surface area contributed by atoms with Gasteiger partial charge in [-0.05, 0) is 24.3 Å². The molecular weight excluding hydrogens is 292 g/mol. The fraction of sp³-hybridized carbons (Fsp3) is 0. The predicted octanol–water partition coefficient (Wildman–Crippen LogP) is 2.93. The van der Waals surface area contributed by atoms with Crippen molar-refractivity contribution in [1.29, 1.82) is 0 Å². The van der Waals surface area contributed by atoms with E-state index in [2.05, 4.69) is 15.3 Å². The number of hydrogen-bond acceptors (Lipinski definition) is 4. The first-order valence-electron chi connectivity index (χ1n) is 5.98. The fourth-order valence-corrected chi connectivity index (χ4v) is 1.85. The Morgan fingerprint density at radius 3 is 2.81 bits per heavy atom. The van der Waals surface area contributed by atoms with Crippen molar-refractivity contribution < 1.29 is 9.21 Å². The van der Waals surface area contributed by atoms with Gasteiger partial charge in [0.2, 0.25) is 0 Å². The Hall–Kier alpha value is -2.73. The molecule has 1 aromatic carbocycles. The molecular formula is C14H13ClN4O2. The van der Waals surface area contributed by atoms with Crippen LogP contribution in [0, 0.1) is 0 Å². The summed E-state index contributed by atoms with van der Waals surface area (Å²) in [6.45, 7) is 0. The number of aromatic nitrogens is 2. The lowest BCUT2D eigenvalue weighted by Crippen LogP contribution is -2.10. The largest absolute Gasteiger partial charge is 0.459 e. The Kier molecular flexibility index (Phi) is 4.30. The number of H-pyrrole nitrogens is 1. The molecule has 3 aromatic rings. The minimum Gasteiger partial charge on any atom is -0.459 e. The minimum absolute atomic E-state index is 0. The van der Waals surface area contributed by atoms with E-state index in [0.717, 1.165) is 11.3 Å². The summed E-state index contributed by atoms with van der Waals surface area (Å²) < 4.78 is 5.04. The highest BCUT2D eigenvalue weighted by Crippen LogP contribution is 2.21. The molecule has 2 heterocycles. The van der Waals surface area contributed by atoms with Crippen LogP contribution in [0.4, 0.5) is 11.6 Å². The van der Waals surface area contributed by atoms with Gasteiger partial charge in [0.05, 0.1) is 18.2 Å². The Balaban J connectivity index is 0.00000161. The summed E-state index contributed by atoms with van der Waals surface area (Å²) in [5, 5.41) is 2.76. The molecule has 1 amide bonds. The number of nitrogens with zero attached hydrogens (tertiary/aromatic N) is 1. The third-order valence-corrected chi connectivity index (χ3v) is 2.77. The highest BCUT2D eigenvalue weighted by atomic mass is 35.5. The van der Waals surface area contributed by atoms with Crippen molar-refractivity contribution in [3.05, 3.63) is 54.6 Å². The molecule has 2 aromatic heterocycles. The summed E-state index contributed by atoms with van der Waals surface area (Å²) in [5.41, 5.74) is 7.88. The van der Waals surface area contributed by atoms with Crippen LogP contribution in [0.2, 0.25) is 0 Å². The van der Waals surface area contributed by atoms with E-state index in [0.29, 0.717) is 11.6 Å². The molecule has 3 rings (SSSR count). The second kappa shape index (κ2) is 6.15. The molecule has 108 valence electrons. The van der Waals surface area contributed by atoms with Gasteiger partial charge in [-0.25, -0.2) is 4.98 Å². The van der Waals surface area contributed by atoms with Gasteiger partial charge < -0.3 is 20.5 Å². The normalized spacial score (nSPS) is 9.90. The number of nitrogen functional groups attached to an aromatic ring is 1. The molecule has 0 bridgehead atoms. The maximum atomic E-state index is 11.9. The number of rotatable bonds is 3. The van der Waals surface area contributed by atoms with E-state index in [9.17, 15) is 4.79 Å². The van der Waals surface area contributed by atoms with Gasteiger partial charge in [-0.2, -0.15) is 0 Å². The van der Waals surface area contributed by atoms with Crippen LogP contribution in [0.15, 0.2) is 53.3 Å². The van der Waals surface area contributed by atoms with Crippen LogP contribution in [0.3, 0.4) is 0 Å². The average Bonchev–Trinajstić information content (AvgIpc) is 3.10. The molecule has 0 aliphatic heterocycles. The van der Waals surface area contributed by atoms with Gasteiger partial charge in [-0.15, -0.1) is 12.4 Å². The summed E-state index contributed by atoms with van der Waals surface area (Å²) in [7, 11) is 0. The zero-order chi connectivity index (χ0) is 13.9. The van der Waals surface area contributed by atoms with E-state index in [1.165, 1.54) is 6.26 Å². The zero-order valence-corrected chi connectivity index (χ0v) is 11.7. The lowest BCUT2D eigenvalue weighted by atomic mass is 10.1. The maximum Gasteiger partial charge on any atom is 0.291 e. The van der Waals surface area contributed by atoms with Crippen LogP contribution in [-0.4, -0.2) is 15.9 Å². The Morgan fingerprint density at radius 2 is 2.14 bits per heavy atom. The number of halogens is 1. The zero-order valence-electron chi connectivity index (χ0n) is 10.9. The number of nitrogens with two attached hydrogens (primary N) is 1. The summed E-state index contributed by atoms with van der Waals surface area (Å²) in [6, 6.07) is 10.6. The molecule has 0 spiro atoms. The summed E-state index contributed by atoms with van der Waals surface area (Å²) in [6.07, 6.45) is 3.10. The number of carbonyl (C=O) groups excluding carboxylic acids is 1. The van der Waals surface area contributed by atoms with Crippen LogP contribution in [-0.2, 0) is 0 Å². The molecule has 6 nitrogen and oxygen atoms in total. The fourth-order valence-electron chi connectivity index (χ4n) is 1.85. The Bertz CT molecular complexity index is 737. The average molecular weight is 305 g/mol. The van der Waals surface area contributed by atoms with Gasteiger partial charge in [-0.1, -0.05) is 12.1 Å². The van der Waals surface area contributed by atoms with Gasteiger partial charge >= 0.3 is 0 Å². The van der Waals surface area contributed by atoms with E-state index in [-0.39, 0.29) is 24.1 Å². The molecule has 0 saturated heterocycles. The second-order valence-electron chi connectivity index (χ2n) is 4.19. The number of furan rings is 1. The molecule has 0 atom stereocenters. The molecule has 7 heteroatoms. The van der Waals surface area contributed by atoms with Gasteiger partial charge in [0.1, 0.15) is 0 Å². The number of aromatic amines is 1.